The van der Waals surface area contributed by atoms with E-state index in [1.165, 1.54) is 12.1 Å². The van der Waals surface area contributed by atoms with E-state index in [0.29, 0.717) is 63.1 Å². The Bertz CT molecular complexity index is 797. The number of benzene rings is 1. The molecule has 1 amide bonds. The van der Waals surface area contributed by atoms with Crippen molar-refractivity contribution >= 4 is 11.6 Å². The monoisotopic (exact) mass is 469 g/mol. The summed E-state index contributed by atoms with van der Waals surface area (Å²) in [5, 5.41) is 3.76. The van der Waals surface area contributed by atoms with Gasteiger partial charge in [-0.1, -0.05) is 6.07 Å². The second kappa shape index (κ2) is 10.6. The maximum Gasteiger partial charge on any atom is 0.416 e. The molecule has 184 valence electrons. The van der Waals surface area contributed by atoms with Crippen LogP contribution < -0.4 is 10.2 Å². The number of hydrogen-bond acceptors (Lipinski definition) is 5. The van der Waals surface area contributed by atoms with Crippen LogP contribution in [0.25, 0.3) is 0 Å². The predicted octanol–water partition coefficient (Wildman–Crippen LogP) is 3.16. The molecule has 1 aliphatic carbocycles. The summed E-state index contributed by atoms with van der Waals surface area (Å²) in [6.45, 7) is 4.30. The molecule has 1 saturated carbocycles. The van der Waals surface area contributed by atoms with Gasteiger partial charge in [0.1, 0.15) is 0 Å². The largest absolute Gasteiger partial charge is 0.416 e. The summed E-state index contributed by atoms with van der Waals surface area (Å²) in [6, 6.07) is 6.11. The molecule has 2 aliphatic heterocycles. The maximum atomic E-state index is 13.1. The maximum absolute atomic E-state index is 13.1. The summed E-state index contributed by atoms with van der Waals surface area (Å²) in [6.07, 6.45) is -0.695. The highest BCUT2D eigenvalue weighted by atomic mass is 19.4. The molecule has 2 saturated heterocycles. The van der Waals surface area contributed by atoms with Crippen molar-refractivity contribution in [2.45, 2.75) is 43.9 Å². The summed E-state index contributed by atoms with van der Waals surface area (Å²) in [4.78, 5) is 16.9. The number of ether oxygens (including phenoxy) is 2. The molecule has 0 bridgehead atoms. The Morgan fingerprint density at radius 1 is 1.18 bits per heavy atom. The van der Waals surface area contributed by atoms with Crippen LogP contribution >= 0.6 is 0 Å². The molecule has 9 heteroatoms. The molecule has 2 heterocycles. The number of nitrogens with one attached hydrogen (secondary N) is 1. The minimum Gasteiger partial charge on any atom is -0.384 e. The molecule has 6 nitrogen and oxygen atoms in total. The van der Waals surface area contributed by atoms with Crippen LogP contribution in [0.2, 0.25) is 0 Å². The first kappa shape index (κ1) is 24.3. The lowest BCUT2D eigenvalue weighted by Gasteiger charge is -2.37. The molecule has 3 fully saturated rings. The average Bonchev–Trinajstić information content (AvgIpc) is 3.28. The predicted molar refractivity (Wildman–Crippen MR) is 119 cm³/mol. The fraction of sp³-hybridized carbons (Fsp3) is 0.708. The van der Waals surface area contributed by atoms with Crippen LogP contribution in [0, 0.1) is 11.8 Å². The zero-order valence-corrected chi connectivity index (χ0v) is 19.2. The Morgan fingerprint density at radius 3 is 2.70 bits per heavy atom. The molecule has 4 atom stereocenters. The van der Waals surface area contributed by atoms with E-state index in [2.05, 4.69) is 5.32 Å². The number of amides is 1. The van der Waals surface area contributed by atoms with E-state index in [1.54, 1.807) is 13.2 Å². The number of anilines is 1. The lowest BCUT2D eigenvalue weighted by molar-refractivity contribution is -0.137. The van der Waals surface area contributed by atoms with Crippen molar-refractivity contribution in [2.75, 3.05) is 58.0 Å². The van der Waals surface area contributed by atoms with Crippen LogP contribution in [0.3, 0.4) is 0 Å². The topological polar surface area (TPSA) is 54.0 Å². The van der Waals surface area contributed by atoms with Gasteiger partial charge in [-0.3, -0.25) is 4.79 Å². The van der Waals surface area contributed by atoms with Crippen LogP contribution in [-0.4, -0.2) is 76.0 Å². The van der Waals surface area contributed by atoms with Gasteiger partial charge in [-0.05, 0) is 43.9 Å². The Balaban J connectivity index is 1.26. The third-order valence-corrected chi connectivity index (χ3v) is 7.22. The van der Waals surface area contributed by atoms with Crippen molar-refractivity contribution < 1.29 is 27.4 Å². The highest BCUT2D eigenvalue weighted by molar-refractivity contribution is 5.79. The van der Waals surface area contributed by atoms with Crippen LogP contribution in [0.1, 0.15) is 31.2 Å². The van der Waals surface area contributed by atoms with Crippen molar-refractivity contribution in [1.29, 1.82) is 0 Å². The van der Waals surface area contributed by atoms with Crippen molar-refractivity contribution in [3.05, 3.63) is 29.8 Å². The van der Waals surface area contributed by atoms with Gasteiger partial charge in [0, 0.05) is 69.5 Å². The number of carbonyl (C=O) groups excluding carboxylic acids is 1. The van der Waals surface area contributed by atoms with Gasteiger partial charge in [0.15, 0.2) is 0 Å². The lowest BCUT2D eigenvalue weighted by atomic mass is 9.95. The normalized spacial score (nSPS) is 28.8. The van der Waals surface area contributed by atoms with E-state index < -0.39 is 11.7 Å². The molecule has 0 spiro atoms. The van der Waals surface area contributed by atoms with Crippen molar-refractivity contribution in [3.8, 4) is 0 Å². The second-order valence-electron chi connectivity index (χ2n) is 9.42. The van der Waals surface area contributed by atoms with Gasteiger partial charge >= 0.3 is 6.18 Å². The standard InChI is InChI=1S/C24H34F3N3O3/c1-32-15-18-16-33-12-7-22(18)28-20-6-5-17(13-20)23(31)30-10-8-29(9-11-30)21-4-2-3-19(14-21)24(25,26)27/h2-4,14,17-18,20,22,28H,5-13,15-16H2,1H3/t17-,18?,20+,22?/m0/s1. The van der Waals surface area contributed by atoms with E-state index >= 15 is 0 Å². The molecule has 1 aromatic rings. The molecular weight excluding hydrogens is 435 g/mol. The van der Waals surface area contributed by atoms with Gasteiger partial charge in [0.25, 0.3) is 0 Å². The highest BCUT2D eigenvalue weighted by Crippen LogP contribution is 2.33. The second-order valence-corrected chi connectivity index (χ2v) is 9.42. The molecule has 0 radical (unpaired) electrons. The summed E-state index contributed by atoms with van der Waals surface area (Å²) in [7, 11) is 1.71. The summed E-state index contributed by atoms with van der Waals surface area (Å²) < 4.78 is 50.0. The Hall–Kier alpha value is -1.84. The van der Waals surface area contributed by atoms with Gasteiger partial charge < -0.3 is 24.6 Å². The minimum atomic E-state index is -4.35. The number of piperazine rings is 1. The minimum absolute atomic E-state index is 0.0170. The van der Waals surface area contributed by atoms with Crippen LogP contribution in [0.15, 0.2) is 24.3 Å². The number of carbonyl (C=O) groups is 1. The third-order valence-electron chi connectivity index (χ3n) is 7.22. The molecule has 0 aromatic heterocycles. The summed E-state index contributed by atoms with van der Waals surface area (Å²) >= 11 is 0. The van der Waals surface area contributed by atoms with Crippen molar-refractivity contribution in [2.24, 2.45) is 11.8 Å². The molecule has 1 aromatic carbocycles. The smallest absolute Gasteiger partial charge is 0.384 e. The number of alkyl halides is 3. The lowest BCUT2D eigenvalue weighted by Crippen LogP contribution is -2.50. The Morgan fingerprint density at radius 2 is 1.97 bits per heavy atom. The van der Waals surface area contributed by atoms with Crippen molar-refractivity contribution in [3.63, 3.8) is 0 Å². The van der Waals surface area contributed by atoms with Crippen LogP contribution in [-0.2, 0) is 20.4 Å². The number of methoxy groups -OCH3 is 1. The SMILES string of the molecule is COCC1COCCC1N[C@@H]1CC[C@H](C(=O)N2CCN(c3cccc(C(F)(F)F)c3)CC2)C1. The first-order chi connectivity index (χ1) is 15.8. The molecule has 1 N–H and O–H groups in total. The van der Waals surface area contributed by atoms with Gasteiger partial charge in [0.05, 0.1) is 18.8 Å². The number of hydrogen-bond donors (Lipinski definition) is 1. The Labute approximate surface area is 193 Å². The third kappa shape index (κ3) is 6.00. The fourth-order valence-electron chi connectivity index (χ4n) is 5.38. The number of nitrogens with zero attached hydrogens (tertiary/aromatic N) is 2. The van der Waals surface area contributed by atoms with Crippen LogP contribution in [0.5, 0.6) is 0 Å². The first-order valence-corrected chi connectivity index (χ1v) is 11.9. The van der Waals surface area contributed by atoms with E-state index in [9.17, 15) is 18.0 Å². The molecular formula is C24H34F3N3O3. The zero-order valence-electron chi connectivity index (χ0n) is 19.2. The van der Waals surface area contributed by atoms with Gasteiger partial charge in [-0.25, -0.2) is 0 Å². The molecule has 33 heavy (non-hydrogen) atoms. The number of halogens is 3. The molecule has 2 unspecified atom stereocenters. The fourth-order valence-corrected chi connectivity index (χ4v) is 5.38. The summed E-state index contributed by atoms with van der Waals surface area (Å²) in [5.74, 6) is 0.536. The first-order valence-electron chi connectivity index (χ1n) is 11.9. The van der Waals surface area contributed by atoms with Gasteiger partial charge in [-0.2, -0.15) is 13.2 Å². The van der Waals surface area contributed by atoms with E-state index in [0.717, 1.165) is 38.4 Å². The Kier molecular flexibility index (Phi) is 7.81. The number of rotatable bonds is 6. The van der Waals surface area contributed by atoms with E-state index in [4.69, 9.17) is 9.47 Å². The quantitative estimate of drug-likeness (QED) is 0.694. The van der Waals surface area contributed by atoms with Crippen LogP contribution in [0.4, 0.5) is 18.9 Å². The van der Waals surface area contributed by atoms with Gasteiger partial charge in [-0.15, -0.1) is 0 Å². The molecule has 4 rings (SSSR count). The average molecular weight is 470 g/mol. The highest BCUT2D eigenvalue weighted by Gasteiger charge is 2.36. The summed E-state index contributed by atoms with van der Waals surface area (Å²) in [5.41, 5.74) is -0.0793. The zero-order chi connectivity index (χ0) is 23.4. The van der Waals surface area contributed by atoms with E-state index in [-0.39, 0.29) is 11.8 Å². The van der Waals surface area contributed by atoms with Gasteiger partial charge in [0.2, 0.25) is 5.91 Å². The molecule has 3 aliphatic rings. The van der Waals surface area contributed by atoms with E-state index in [1.807, 2.05) is 9.80 Å². The van der Waals surface area contributed by atoms with Crippen molar-refractivity contribution in [1.82, 2.24) is 10.2 Å².